The van der Waals surface area contributed by atoms with Crippen molar-refractivity contribution in [3.63, 3.8) is 0 Å². The summed E-state index contributed by atoms with van der Waals surface area (Å²) in [5.41, 5.74) is -0.407. The van der Waals surface area contributed by atoms with Crippen molar-refractivity contribution >= 4 is 23.6 Å². The van der Waals surface area contributed by atoms with Gasteiger partial charge in [0.25, 0.3) is 0 Å². The Labute approximate surface area is 119 Å². The maximum Gasteiger partial charge on any atom is 0.337 e. The largest absolute Gasteiger partial charge is 0.478 e. The lowest BCUT2D eigenvalue weighted by Gasteiger charge is -2.23. The molecule has 1 aromatic carbocycles. The summed E-state index contributed by atoms with van der Waals surface area (Å²) in [5, 5.41) is 16.3. The van der Waals surface area contributed by atoms with Crippen molar-refractivity contribution in [2.75, 3.05) is 11.9 Å². The van der Waals surface area contributed by atoms with Gasteiger partial charge in [0, 0.05) is 6.54 Å². The number of amides is 3. The molecule has 21 heavy (non-hydrogen) atoms. The van der Waals surface area contributed by atoms with Crippen LogP contribution in [-0.2, 0) is 4.79 Å². The van der Waals surface area contributed by atoms with Gasteiger partial charge in [-0.05, 0) is 31.0 Å². The van der Waals surface area contributed by atoms with E-state index in [0.29, 0.717) is 13.0 Å². The number of halogens is 1. The van der Waals surface area contributed by atoms with Crippen molar-refractivity contribution < 1.29 is 23.9 Å². The Morgan fingerprint density at radius 1 is 1.38 bits per heavy atom. The molecule has 7 nitrogen and oxygen atoms in total. The number of hydrogen-bond donors (Lipinski definition) is 4. The molecule has 2 rings (SSSR count). The van der Waals surface area contributed by atoms with Crippen LogP contribution in [0.5, 0.6) is 0 Å². The van der Waals surface area contributed by atoms with Gasteiger partial charge in [0.15, 0.2) is 0 Å². The number of carboxylic acids is 1. The summed E-state index contributed by atoms with van der Waals surface area (Å²) in [4.78, 5) is 34.3. The standard InChI is InChI=1S/C13H14FN3O4/c14-7-3-4-9(8(6-7)12(19)20)16-13(21)17-10-2-1-5-15-11(10)18/h3-4,6,10H,1-2,5H2,(H,15,18)(H,19,20)(H2,16,17,21). The number of carbonyl (C=O) groups is 3. The number of hydrogen-bond acceptors (Lipinski definition) is 3. The molecule has 3 amide bonds. The van der Waals surface area contributed by atoms with Gasteiger partial charge >= 0.3 is 12.0 Å². The number of nitrogens with one attached hydrogen (secondary N) is 3. The molecule has 0 bridgehead atoms. The molecule has 1 saturated heterocycles. The van der Waals surface area contributed by atoms with E-state index in [1.165, 1.54) is 0 Å². The molecule has 1 aromatic rings. The van der Waals surface area contributed by atoms with E-state index in [-0.39, 0.29) is 17.2 Å². The Hall–Kier alpha value is -2.64. The zero-order chi connectivity index (χ0) is 15.4. The number of benzene rings is 1. The number of urea groups is 1. The van der Waals surface area contributed by atoms with E-state index in [0.717, 1.165) is 24.6 Å². The van der Waals surface area contributed by atoms with Crippen LogP contribution in [0.25, 0.3) is 0 Å². The molecule has 1 aliphatic heterocycles. The fraction of sp³-hybridized carbons (Fsp3) is 0.308. The van der Waals surface area contributed by atoms with E-state index >= 15 is 0 Å². The molecular formula is C13H14FN3O4. The minimum Gasteiger partial charge on any atom is -0.478 e. The first-order valence-electron chi connectivity index (χ1n) is 6.35. The SMILES string of the molecule is O=C(Nc1ccc(F)cc1C(=O)O)NC1CCCNC1=O. The summed E-state index contributed by atoms with van der Waals surface area (Å²) in [6.45, 7) is 0.569. The van der Waals surface area contributed by atoms with Gasteiger partial charge in [0.05, 0.1) is 11.3 Å². The van der Waals surface area contributed by atoms with Crippen molar-refractivity contribution in [3.05, 3.63) is 29.6 Å². The van der Waals surface area contributed by atoms with Gasteiger partial charge in [0.1, 0.15) is 11.9 Å². The maximum atomic E-state index is 13.0. The third kappa shape index (κ3) is 3.68. The summed E-state index contributed by atoms with van der Waals surface area (Å²) in [6.07, 6.45) is 1.25. The highest BCUT2D eigenvalue weighted by atomic mass is 19.1. The van der Waals surface area contributed by atoms with Crippen LogP contribution in [0.1, 0.15) is 23.2 Å². The monoisotopic (exact) mass is 295 g/mol. The second kappa shape index (κ2) is 6.21. The minimum atomic E-state index is -1.36. The smallest absolute Gasteiger partial charge is 0.337 e. The number of rotatable bonds is 3. The van der Waals surface area contributed by atoms with Gasteiger partial charge in [-0.1, -0.05) is 0 Å². The summed E-state index contributed by atoms with van der Waals surface area (Å²) in [5.74, 6) is -2.36. The molecule has 1 fully saturated rings. The molecule has 0 aromatic heterocycles. The van der Waals surface area contributed by atoms with Crippen LogP contribution >= 0.6 is 0 Å². The van der Waals surface area contributed by atoms with Crippen molar-refractivity contribution in [2.24, 2.45) is 0 Å². The minimum absolute atomic E-state index is 0.0439. The van der Waals surface area contributed by atoms with Crippen molar-refractivity contribution in [1.82, 2.24) is 10.6 Å². The average Bonchev–Trinajstić information content (AvgIpc) is 2.43. The highest BCUT2D eigenvalue weighted by Gasteiger charge is 2.24. The summed E-state index contributed by atoms with van der Waals surface area (Å²) < 4.78 is 13.0. The Morgan fingerprint density at radius 3 is 2.81 bits per heavy atom. The fourth-order valence-corrected chi connectivity index (χ4v) is 2.03. The molecule has 8 heteroatoms. The van der Waals surface area contributed by atoms with Gasteiger partial charge in [0.2, 0.25) is 5.91 Å². The zero-order valence-electron chi connectivity index (χ0n) is 11.0. The molecule has 1 unspecified atom stereocenters. The van der Waals surface area contributed by atoms with Gasteiger partial charge in [-0.15, -0.1) is 0 Å². The Balaban J connectivity index is 2.05. The van der Waals surface area contributed by atoms with E-state index in [9.17, 15) is 18.8 Å². The predicted octanol–water partition coefficient (Wildman–Crippen LogP) is 0.924. The van der Waals surface area contributed by atoms with Crippen molar-refractivity contribution in [3.8, 4) is 0 Å². The van der Waals surface area contributed by atoms with E-state index in [1.807, 2.05) is 0 Å². The van der Waals surface area contributed by atoms with Gasteiger partial charge < -0.3 is 21.1 Å². The summed E-state index contributed by atoms with van der Waals surface area (Å²) >= 11 is 0. The third-order valence-electron chi connectivity index (χ3n) is 3.05. The van der Waals surface area contributed by atoms with Crippen LogP contribution in [0.2, 0.25) is 0 Å². The van der Waals surface area contributed by atoms with E-state index in [1.54, 1.807) is 0 Å². The molecule has 1 aliphatic rings. The lowest BCUT2D eigenvalue weighted by atomic mass is 10.1. The number of anilines is 1. The van der Waals surface area contributed by atoms with Crippen LogP contribution in [0.3, 0.4) is 0 Å². The molecule has 0 spiro atoms. The highest BCUT2D eigenvalue weighted by Crippen LogP contribution is 2.17. The van der Waals surface area contributed by atoms with Crippen LogP contribution in [0.15, 0.2) is 18.2 Å². The molecule has 0 saturated carbocycles. The van der Waals surface area contributed by atoms with Crippen molar-refractivity contribution in [1.29, 1.82) is 0 Å². The van der Waals surface area contributed by atoms with E-state index in [4.69, 9.17) is 5.11 Å². The number of piperidine rings is 1. The summed E-state index contributed by atoms with van der Waals surface area (Å²) in [7, 11) is 0. The lowest BCUT2D eigenvalue weighted by Crippen LogP contribution is -2.51. The lowest BCUT2D eigenvalue weighted by molar-refractivity contribution is -0.124. The number of carbonyl (C=O) groups excluding carboxylic acids is 2. The quantitative estimate of drug-likeness (QED) is 0.665. The Kier molecular flexibility index (Phi) is 4.36. The van der Waals surface area contributed by atoms with Crippen molar-refractivity contribution in [2.45, 2.75) is 18.9 Å². The van der Waals surface area contributed by atoms with E-state index < -0.39 is 23.9 Å². The maximum absolute atomic E-state index is 13.0. The van der Waals surface area contributed by atoms with Gasteiger partial charge in [-0.25, -0.2) is 14.0 Å². The topological polar surface area (TPSA) is 108 Å². The first kappa shape index (κ1) is 14.8. The first-order chi connectivity index (χ1) is 9.97. The molecule has 112 valence electrons. The first-order valence-corrected chi connectivity index (χ1v) is 6.35. The fourth-order valence-electron chi connectivity index (χ4n) is 2.03. The Morgan fingerprint density at radius 2 is 2.14 bits per heavy atom. The van der Waals surface area contributed by atoms with Crippen LogP contribution < -0.4 is 16.0 Å². The number of aromatic carboxylic acids is 1. The molecular weight excluding hydrogens is 281 g/mol. The third-order valence-corrected chi connectivity index (χ3v) is 3.05. The van der Waals surface area contributed by atoms with E-state index in [2.05, 4.69) is 16.0 Å². The second-order valence-corrected chi connectivity index (χ2v) is 4.58. The normalized spacial score (nSPS) is 17.8. The second-order valence-electron chi connectivity index (χ2n) is 4.58. The van der Waals surface area contributed by atoms with Crippen LogP contribution in [0, 0.1) is 5.82 Å². The predicted molar refractivity (Wildman–Crippen MR) is 71.5 cm³/mol. The number of carboxylic acid groups (broad SMARTS) is 1. The molecule has 4 N–H and O–H groups in total. The van der Waals surface area contributed by atoms with Gasteiger partial charge in [-0.3, -0.25) is 4.79 Å². The van der Waals surface area contributed by atoms with Crippen LogP contribution in [-0.4, -0.2) is 35.6 Å². The van der Waals surface area contributed by atoms with Crippen LogP contribution in [0.4, 0.5) is 14.9 Å². The molecule has 1 atom stereocenters. The Bertz CT molecular complexity index is 591. The highest BCUT2D eigenvalue weighted by molar-refractivity contribution is 6.01. The molecule has 1 heterocycles. The van der Waals surface area contributed by atoms with Gasteiger partial charge in [-0.2, -0.15) is 0 Å². The zero-order valence-corrected chi connectivity index (χ0v) is 11.0. The summed E-state index contributed by atoms with van der Waals surface area (Å²) in [6, 6.07) is 1.62. The average molecular weight is 295 g/mol. The molecule has 0 aliphatic carbocycles. The molecule has 0 radical (unpaired) electrons.